The first-order valence-electron chi connectivity index (χ1n) is 10.7. The zero-order valence-electron chi connectivity index (χ0n) is 19.0. The van der Waals surface area contributed by atoms with E-state index in [0.29, 0.717) is 11.4 Å². The molecule has 1 aromatic heterocycles. The zero-order chi connectivity index (χ0) is 25.8. The van der Waals surface area contributed by atoms with E-state index in [0.717, 1.165) is 37.3 Å². The standard InChI is InChI=1S/C21H23N5O2.C2HF3O2/c1-3-26-12-11-17-16(13-26)5-4-6-18(17)22-20(27)15-9-7-14(8-10-15)19-23-24-21(28)25(19)2;3-2(4,5)1(6)7/h4-10H,3,11-13H2,1-2H3,(H,22,27)(H,24,28);(H,6,7). The smallest absolute Gasteiger partial charge is 0.475 e. The molecule has 0 aliphatic carbocycles. The molecule has 1 amide bonds. The summed E-state index contributed by atoms with van der Waals surface area (Å²) < 4.78 is 33.2. The molecule has 1 aliphatic heterocycles. The Hall–Kier alpha value is -3.93. The van der Waals surface area contributed by atoms with Crippen molar-refractivity contribution in [2.45, 2.75) is 26.1 Å². The first kappa shape index (κ1) is 25.7. The van der Waals surface area contributed by atoms with Gasteiger partial charge in [0.1, 0.15) is 0 Å². The van der Waals surface area contributed by atoms with Gasteiger partial charge < -0.3 is 10.4 Å². The Bertz CT molecular complexity index is 1270. The molecule has 35 heavy (non-hydrogen) atoms. The number of benzene rings is 2. The maximum Gasteiger partial charge on any atom is 0.490 e. The second-order valence-corrected chi connectivity index (χ2v) is 7.81. The van der Waals surface area contributed by atoms with Gasteiger partial charge in [-0.3, -0.25) is 14.3 Å². The number of alkyl halides is 3. The van der Waals surface area contributed by atoms with E-state index in [1.807, 2.05) is 12.1 Å². The Morgan fingerprint density at radius 3 is 2.37 bits per heavy atom. The van der Waals surface area contributed by atoms with Crippen molar-refractivity contribution in [1.29, 1.82) is 0 Å². The molecule has 0 bridgehead atoms. The van der Waals surface area contributed by atoms with E-state index in [-0.39, 0.29) is 11.6 Å². The fraction of sp³-hybridized carbons (Fsp3) is 0.304. The van der Waals surface area contributed by atoms with Crippen LogP contribution in [0.4, 0.5) is 18.9 Å². The largest absolute Gasteiger partial charge is 0.490 e. The molecular weight excluding hydrogens is 467 g/mol. The van der Waals surface area contributed by atoms with Crippen LogP contribution in [0.1, 0.15) is 28.4 Å². The molecule has 0 unspecified atom stereocenters. The minimum atomic E-state index is -5.08. The summed E-state index contributed by atoms with van der Waals surface area (Å²) in [7, 11) is 1.65. The van der Waals surface area contributed by atoms with Crippen LogP contribution < -0.4 is 11.0 Å². The second-order valence-electron chi connectivity index (χ2n) is 7.81. The number of aliphatic carboxylic acids is 1. The summed E-state index contributed by atoms with van der Waals surface area (Å²) in [4.78, 5) is 35.6. The molecule has 12 heteroatoms. The molecule has 0 saturated carbocycles. The van der Waals surface area contributed by atoms with Crippen molar-refractivity contribution in [2.24, 2.45) is 7.05 Å². The fourth-order valence-electron chi connectivity index (χ4n) is 3.63. The van der Waals surface area contributed by atoms with Gasteiger partial charge >= 0.3 is 17.8 Å². The third-order valence-electron chi connectivity index (χ3n) is 5.57. The van der Waals surface area contributed by atoms with Gasteiger partial charge in [-0.15, -0.1) is 0 Å². The predicted molar refractivity (Wildman–Crippen MR) is 122 cm³/mol. The van der Waals surface area contributed by atoms with Gasteiger partial charge in [-0.1, -0.05) is 31.2 Å². The van der Waals surface area contributed by atoms with E-state index in [1.165, 1.54) is 15.7 Å². The van der Waals surface area contributed by atoms with Gasteiger partial charge in [0.2, 0.25) is 0 Å². The van der Waals surface area contributed by atoms with Gasteiger partial charge in [0, 0.05) is 37.0 Å². The van der Waals surface area contributed by atoms with E-state index in [1.54, 1.807) is 31.3 Å². The molecule has 0 atom stereocenters. The normalized spacial score (nSPS) is 13.4. The van der Waals surface area contributed by atoms with Crippen LogP contribution in [0.3, 0.4) is 0 Å². The number of carboxylic acids is 1. The van der Waals surface area contributed by atoms with Crippen molar-refractivity contribution in [1.82, 2.24) is 19.7 Å². The van der Waals surface area contributed by atoms with Crippen molar-refractivity contribution in [3.8, 4) is 11.4 Å². The number of amides is 1. The molecule has 3 aromatic rings. The number of hydrogen-bond donors (Lipinski definition) is 3. The van der Waals surface area contributed by atoms with Crippen molar-refractivity contribution >= 4 is 17.6 Å². The molecule has 0 saturated heterocycles. The Morgan fingerprint density at radius 1 is 1.17 bits per heavy atom. The van der Waals surface area contributed by atoms with Crippen LogP contribution in [0.15, 0.2) is 47.3 Å². The summed E-state index contributed by atoms with van der Waals surface area (Å²) in [6.07, 6.45) is -4.15. The Labute approximate surface area is 198 Å². The summed E-state index contributed by atoms with van der Waals surface area (Å²) >= 11 is 0. The Morgan fingerprint density at radius 2 is 1.83 bits per heavy atom. The number of hydrogen-bond acceptors (Lipinski definition) is 5. The van der Waals surface area contributed by atoms with Crippen LogP contribution in [-0.4, -0.2) is 55.9 Å². The second kappa shape index (κ2) is 10.6. The number of H-pyrrole nitrogens is 1. The Kier molecular flexibility index (Phi) is 7.75. The number of likely N-dealkylation sites (N-methyl/N-ethyl adjacent to an activating group) is 1. The number of aromatic nitrogens is 3. The van der Waals surface area contributed by atoms with Crippen LogP contribution in [0.2, 0.25) is 0 Å². The Balaban J connectivity index is 0.000000429. The van der Waals surface area contributed by atoms with Gasteiger partial charge in [0.15, 0.2) is 5.82 Å². The van der Waals surface area contributed by atoms with Crippen molar-refractivity contribution < 1.29 is 27.9 Å². The van der Waals surface area contributed by atoms with Crippen LogP contribution in [0, 0.1) is 0 Å². The lowest BCUT2D eigenvalue weighted by Gasteiger charge is -2.29. The average molecular weight is 491 g/mol. The number of nitrogens with one attached hydrogen (secondary N) is 2. The molecule has 2 aromatic carbocycles. The van der Waals surface area contributed by atoms with Gasteiger partial charge in [-0.25, -0.2) is 14.7 Å². The molecule has 0 fully saturated rings. The number of aromatic amines is 1. The first-order chi connectivity index (χ1) is 16.5. The van der Waals surface area contributed by atoms with Crippen LogP contribution in [0.25, 0.3) is 11.4 Å². The maximum atomic E-state index is 12.7. The highest BCUT2D eigenvalue weighted by Crippen LogP contribution is 2.27. The van der Waals surface area contributed by atoms with Gasteiger partial charge in [0.25, 0.3) is 5.91 Å². The number of halogens is 3. The third-order valence-corrected chi connectivity index (χ3v) is 5.57. The lowest BCUT2D eigenvalue weighted by molar-refractivity contribution is -0.192. The van der Waals surface area contributed by atoms with Crippen LogP contribution >= 0.6 is 0 Å². The van der Waals surface area contributed by atoms with E-state index in [4.69, 9.17) is 9.90 Å². The number of fused-ring (bicyclic) bond motifs is 1. The number of rotatable bonds is 4. The monoisotopic (exact) mass is 491 g/mol. The highest BCUT2D eigenvalue weighted by Gasteiger charge is 2.38. The summed E-state index contributed by atoms with van der Waals surface area (Å²) in [6, 6.07) is 13.2. The lowest BCUT2D eigenvalue weighted by Crippen LogP contribution is -2.31. The molecule has 186 valence electrons. The van der Waals surface area contributed by atoms with E-state index in [9.17, 15) is 22.8 Å². The number of nitrogens with zero attached hydrogens (tertiary/aromatic N) is 3. The predicted octanol–water partition coefficient (Wildman–Crippen LogP) is 3.04. The van der Waals surface area contributed by atoms with E-state index in [2.05, 4.69) is 33.4 Å². The number of carbonyl (C=O) groups is 2. The molecule has 2 heterocycles. The van der Waals surface area contributed by atoms with E-state index >= 15 is 0 Å². The average Bonchev–Trinajstić information content (AvgIpc) is 3.16. The number of carbonyl (C=O) groups excluding carboxylic acids is 1. The van der Waals surface area contributed by atoms with Gasteiger partial charge in [-0.2, -0.15) is 18.3 Å². The maximum absolute atomic E-state index is 12.7. The fourth-order valence-corrected chi connectivity index (χ4v) is 3.63. The molecule has 3 N–H and O–H groups in total. The molecule has 0 spiro atoms. The van der Waals surface area contributed by atoms with Crippen LogP contribution in [0.5, 0.6) is 0 Å². The number of carboxylic acid groups (broad SMARTS) is 1. The zero-order valence-corrected chi connectivity index (χ0v) is 19.0. The number of anilines is 1. The lowest BCUT2D eigenvalue weighted by atomic mass is 9.97. The molecule has 1 aliphatic rings. The van der Waals surface area contributed by atoms with Gasteiger partial charge in [0.05, 0.1) is 0 Å². The highest BCUT2D eigenvalue weighted by molar-refractivity contribution is 6.05. The van der Waals surface area contributed by atoms with Crippen molar-refractivity contribution in [3.05, 3.63) is 69.6 Å². The highest BCUT2D eigenvalue weighted by atomic mass is 19.4. The minimum absolute atomic E-state index is 0.145. The van der Waals surface area contributed by atoms with Crippen molar-refractivity contribution in [3.63, 3.8) is 0 Å². The summed E-state index contributed by atoms with van der Waals surface area (Å²) in [5.41, 5.74) is 4.45. The quantitative estimate of drug-likeness (QED) is 0.516. The summed E-state index contributed by atoms with van der Waals surface area (Å²) in [5, 5.41) is 16.6. The van der Waals surface area contributed by atoms with Gasteiger partial charge in [-0.05, 0) is 42.3 Å². The molecular formula is C23H24F3N5O4. The first-order valence-corrected chi connectivity index (χ1v) is 10.7. The SMILES string of the molecule is CCN1CCc2c(cccc2NC(=O)c2ccc(-c3n[nH]c(=O)n3C)cc2)C1.O=C(O)C(F)(F)F. The third kappa shape index (κ3) is 6.15. The molecule has 0 radical (unpaired) electrons. The summed E-state index contributed by atoms with van der Waals surface area (Å²) in [5.74, 6) is -2.36. The summed E-state index contributed by atoms with van der Waals surface area (Å²) in [6.45, 7) is 5.13. The molecule has 4 rings (SSSR count). The minimum Gasteiger partial charge on any atom is -0.475 e. The van der Waals surface area contributed by atoms with E-state index < -0.39 is 12.1 Å². The topological polar surface area (TPSA) is 120 Å². The van der Waals surface area contributed by atoms with Crippen molar-refractivity contribution in [2.75, 3.05) is 18.4 Å². The molecule has 9 nitrogen and oxygen atoms in total. The van der Waals surface area contributed by atoms with Crippen LogP contribution in [-0.2, 0) is 24.8 Å².